The Morgan fingerprint density at radius 3 is 2.56 bits per heavy atom. The molecule has 0 saturated heterocycles. The Balaban J connectivity index is 2.47. The molecule has 1 atom stereocenters. The predicted octanol–water partition coefficient (Wildman–Crippen LogP) is 3.77. The summed E-state index contributed by atoms with van der Waals surface area (Å²) >= 11 is 1.88. The fraction of sp³-hybridized carbons (Fsp3) is 0.533. The summed E-state index contributed by atoms with van der Waals surface area (Å²) in [4.78, 5) is 11.2. The molecule has 0 aliphatic heterocycles. The van der Waals surface area contributed by atoms with Crippen LogP contribution in [0.5, 0.6) is 0 Å². The molecule has 1 rings (SSSR count). The summed E-state index contributed by atoms with van der Waals surface area (Å²) < 4.78 is 0. The molecule has 0 fully saturated rings. The maximum absolute atomic E-state index is 11.2. The second-order valence-corrected chi connectivity index (χ2v) is 5.96. The molecule has 0 aliphatic carbocycles. The number of carboxylic acid groups (broad SMARTS) is 1. The lowest BCUT2D eigenvalue weighted by atomic mass is 9.95. The topological polar surface area (TPSA) is 37.3 Å². The van der Waals surface area contributed by atoms with E-state index in [0.717, 1.165) is 29.9 Å². The lowest BCUT2D eigenvalue weighted by molar-refractivity contribution is -0.141. The minimum absolute atomic E-state index is 0.245. The number of hydrogen-bond acceptors (Lipinski definition) is 2. The number of hydrogen-bond donors (Lipinski definition) is 1. The first-order valence-corrected chi connectivity index (χ1v) is 7.65. The van der Waals surface area contributed by atoms with Crippen LogP contribution in [0.15, 0.2) is 24.3 Å². The highest BCUT2D eigenvalue weighted by molar-refractivity contribution is 7.99. The number of thioether (sulfide) groups is 1. The summed E-state index contributed by atoms with van der Waals surface area (Å²) in [7, 11) is 0. The third kappa shape index (κ3) is 5.58. The van der Waals surface area contributed by atoms with Crippen molar-refractivity contribution in [2.75, 3.05) is 11.5 Å². The van der Waals surface area contributed by atoms with Crippen LogP contribution in [-0.4, -0.2) is 22.6 Å². The van der Waals surface area contributed by atoms with E-state index < -0.39 is 5.97 Å². The highest BCUT2D eigenvalue weighted by Crippen LogP contribution is 2.17. The third-order valence-corrected chi connectivity index (χ3v) is 3.98. The van der Waals surface area contributed by atoms with E-state index in [0.29, 0.717) is 6.42 Å². The molecule has 0 saturated carbocycles. The van der Waals surface area contributed by atoms with Crippen molar-refractivity contribution in [2.45, 2.75) is 33.1 Å². The van der Waals surface area contributed by atoms with E-state index in [4.69, 9.17) is 0 Å². The largest absolute Gasteiger partial charge is 0.481 e. The van der Waals surface area contributed by atoms with Crippen LogP contribution in [0.25, 0.3) is 0 Å². The zero-order valence-electron chi connectivity index (χ0n) is 11.2. The van der Waals surface area contributed by atoms with Crippen molar-refractivity contribution in [1.29, 1.82) is 0 Å². The van der Waals surface area contributed by atoms with E-state index >= 15 is 0 Å². The molecule has 0 aliphatic rings. The Labute approximate surface area is 114 Å². The lowest BCUT2D eigenvalue weighted by Crippen LogP contribution is -2.16. The van der Waals surface area contributed by atoms with E-state index in [2.05, 4.69) is 6.92 Å². The predicted molar refractivity (Wildman–Crippen MR) is 78.2 cm³/mol. The van der Waals surface area contributed by atoms with Gasteiger partial charge in [0.1, 0.15) is 0 Å². The Morgan fingerprint density at radius 1 is 1.33 bits per heavy atom. The van der Waals surface area contributed by atoms with Gasteiger partial charge in [0, 0.05) is 0 Å². The van der Waals surface area contributed by atoms with Crippen molar-refractivity contribution < 1.29 is 9.90 Å². The van der Waals surface area contributed by atoms with E-state index in [1.54, 1.807) is 0 Å². The zero-order chi connectivity index (χ0) is 13.4. The molecular weight excluding hydrogens is 244 g/mol. The Morgan fingerprint density at radius 2 is 2.00 bits per heavy atom. The van der Waals surface area contributed by atoms with Gasteiger partial charge in [-0.2, -0.15) is 11.8 Å². The van der Waals surface area contributed by atoms with Crippen LogP contribution >= 0.6 is 11.8 Å². The number of rotatable bonds is 8. The van der Waals surface area contributed by atoms with E-state index in [-0.39, 0.29) is 5.92 Å². The van der Waals surface area contributed by atoms with Gasteiger partial charge in [0.25, 0.3) is 0 Å². The smallest absolute Gasteiger partial charge is 0.306 e. The Kier molecular flexibility index (Phi) is 6.88. The molecule has 1 unspecified atom stereocenters. The second kappa shape index (κ2) is 8.20. The summed E-state index contributed by atoms with van der Waals surface area (Å²) in [6, 6.07) is 8.15. The third-order valence-electron chi connectivity index (χ3n) is 3.00. The highest BCUT2D eigenvalue weighted by atomic mass is 32.2. The summed E-state index contributed by atoms with van der Waals surface area (Å²) in [5, 5.41) is 9.24. The summed E-state index contributed by atoms with van der Waals surface area (Å²) in [5.74, 6) is 1.26. The summed E-state index contributed by atoms with van der Waals surface area (Å²) in [6.07, 6.45) is 2.41. The molecule has 1 aromatic carbocycles. The fourth-order valence-electron chi connectivity index (χ4n) is 1.90. The van der Waals surface area contributed by atoms with Gasteiger partial charge in [-0.3, -0.25) is 4.79 Å². The standard InChI is InChI=1S/C15H22O2S/c1-3-18-10-4-5-14(15(16)17)11-13-8-6-12(2)7-9-13/h6-9,14H,3-5,10-11H2,1-2H3,(H,16,17). The van der Waals surface area contributed by atoms with Gasteiger partial charge in [-0.05, 0) is 43.3 Å². The van der Waals surface area contributed by atoms with Crippen molar-refractivity contribution in [3.05, 3.63) is 35.4 Å². The number of carboxylic acids is 1. The van der Waals surface area contributed by atoms with Gasteiger partial charge in [0.05, 0.1) is 5.92 Å². The van der Waals surface area contributed by atoms with Crippen molar-refractivity contribution in [2.24, 2.45) is 5.92 Å². The first-order valence-electron chi connectivity index (χ1n) is 6.49. The molecule has 0 radical (unpaired) electrons. The average molecular weight is 266 g/mol. The fourth-order valence-corrected chi connectivity index (χ4v) is 2.56. The van der Waals surface area contributed by atoms with Gasteiger partial charge in [-0.25, -0.2) is 0 Å². The maximum atomic E-state index is 11.2. The molecule has 1 aromatic rings. The van der Waals surface area contributed by atoms with E-state index in [1.807, 2.05) is 43.0 Å². The lowest BCUT2D eigenvalue weighted by Gasteiger charge is -2.12. The van der Waals surface area contributed by atoms with Crippen molar-refractivity contribution >= 4 is 17.7 Å². The van der Waals surface area contributed by atoms with E-state index in [9.17, 15) is 9.90 Å². The van der Waals surface area contributed by atoms with Crippen LogP contribution in [0.3, 0.4) is 0 Å². The monoisotopic (exact) mass is 266 g/mol. The molecule has 100 valence electrons. The van der Waals surface area contributed by atoms with Crippen LogP contribution in [0.2, 0.25) is 0 Å². The molecule has 0 amide bonds. The minimum Gasteiger partial charge on any atom is -0.481 e. The number of carbonyl (C=O) groups is 1. The van der Waals surface area contributed by atoms with Crippen molar-refractivity contribution in [1.82, 2.24) is 0 Å². The zero-order valence-corrected chi connectivity index (χ0v) is 12.0. The molecule has 3 heteroatoms. The first-order chi connectivity index (χ1) is 8.63. The van der Waals surface area contributed by atoms with Crippen LogP contribution in [-0.2, 0) is 11.2 Å². The molecule has 0 heterocycles. The van der Waals surface area contributed by atoms with Gasteiger partial charge in [0.2, 0.25) is 0 Å². The average Bonchev–Trinajstić information content (AvgIpc) is 2.35. The number of aryl methyl sites for hydroxylation is 1. The molecule has 0 aromatic heterocycles. The molecule has 1 N–H and O–H groups in total. The second-order valence-electron chi connectivity index (χ2n) is 4.56. The SMILES string of the molecule is CCSCCCC(Cc1ccc(C)cc1)C(=O)O. The van der Waals surface area contributed by atoms with Crippen LogP contribution in [0, 0.1) is 12.8 Å². The molecule has 2 nitrogen and oxygen atoms in total. The number of aliphatic carboxylic acids is 1. The summed E-state index contributed by atoms with van der Waals surface area (Å²) in [5.41, 5.74) is 2.33. The molecule has 0 bridgehead atoms. The van der Waals surface area contributed by atoms with Gasteiger partial charge in [0.15, 0.2) is 0 Å². The van der Waals surface area contributed by atoms with Gasteiger partial charge in [-0.1, -0.05) is 36.8 Å². The van der Waals surface area contributed by atoms with Crippen LogP contribution in [0.1, 0.15) is 30.9 Å². The van der Waals surface area contributed by atoms with Gasteiger partial charge >= 0.3 is 5.97 Å². The van der Waals surface area contributed by atoms with Crippen LogP contribution < -0.4 is 0 Å². The highest BCUT2D eigenvalue weighted by Gasteiger charge is 2.17. The van der Waals surface area contributed by atoms with Crippen molar-refractivity contribution in [3.8, 4) is 0 Å². The molecule has 0 spiro atoms. The quantitative estimate of drug-likeness (QED) is 0.728. The first kappa shape index (κ1) is 15.1. The normalized spacial score (nSPS) is 12.3. The van der Waals surface area contributed by atoms with Gasteiger partial charge in [-0.15, -0.1) is 0 Å². The van der Waals surface area contributed by atoms with Crippen molar-refractivity contribution in [3.63, 3.8) is 0 Å². The number of benzene rings is 1. The minimum atomic E-state index is -0.669. The Hall–Kier alpha value is -0.960. The molecular formula is C15H22O2S. The Bertz CT molecular complexity index is 359. The summed E-state index contributed by atoms with van der Waals surface area (Å²) in [6.45, 7) is 4.17. The van der Waals surface area contributed by atoms with Gasteiger partial charge < -0.3 is 5.11 Å². The maximum Gasteiger partial charge on any atom is 0.306 e. The van der Waals surface area contributed by atoms with E-state index in [1.165, 1.54) is 5.56 Å². The molecule has 18 heavy (non-hydrogen) atoms. The van der Waals surface area contributed by atoms with Crippen LogP contribution in [0.4, 0.5) is 0 Å².